The number of H-pyrrole nitrogens is 1. The Bertz CT molecular complexity index is 1220. The number of aromatic amines is 1. The van der Waals surface area contributed by atoms with Crippen molar-refractivity contribution in [3.8, 4) is 5.95 Å². The molecule has 2 aromatic heterocycles. The molecule has 2 heterocycles. The Labute approximate surface area is 166 Å². The molecule has 0 aliphatic rings. The number of fused-ring (bicyclic) bond motifs is 1. The summed E-state index contributed by atoms with van der Waals surface area (Å²) in [5, 5.41) is 12.0. The van der Waals surface area contributed by atoms with Crippen LogP contribution in [-0.4, -0.2) is 51.1 Å². The molecule has 0 saturated heterocycles. The highest BCUT2D eigenvalue weighted by Gasteiger charge is 2.16. The summed E-state index contributed by atoms with van der Waals surface area (Å²) in [4.78, 5) is 27.8. The first-order valence-electron chi connectivity index (χ1n) is 8.61. The molecule has 0 aliphatic carbocycles. The first kappa shape index (κ1) is 19.1. The zero-order chi connectivity index (χ0) is 20.4. The zero-order valence-corrected chi connectivity index (χ0v) is 15.9. The highest BCUT2D eigenvalue weighted by molar-refractivity contribution is 8.24. The van der Waals surface area contributed by atoms with Crippen LogP contribution in [0, 0.1) is 0 Å². The molecule has 2 aromatic carbocycles. The minimum absolute atomic E-state index is 0.143. The Hall–Kier alpha value is -3.25. The minimum atomic E-state index is -3.09. The van der Waals surface area contributed by atoms with Gasteiger partial charge in [0.2, 0.25) is 11.9 Å². The number of hydrogen-bond donors (Lipinski definition) is 5. The van der Waals surface area contributed by atoms with E-state index in [1.807, 2.05) is 12.1 Å². The smallest absolute Gasteiger partial charge is 0.333 e. The van der Waals surface area contributed by atoms with Crippen molar-refractivity contribution >= 4 is 33.3 Å². The fourth-order valence-corrected chi connectivity index (χ4v) is 3.96. The number of nitrogens with zero attached hydrogens (tertiary/aromatic N) is 4. The number of aliphatic hydroxyl groups is 1. The Balaban J connectivity index is 1.67. The Morgan fingerprint density at radius 2 is 1.93 bits per heavy atom. The van der Waals surface area contributed by atoms with Gasteiger partial charge < -0.3 is 15.4 Å². The lowest BCUT2D eigenvalue weighted by Gasteiger charge is -2.31. The third-order valence-corrected chi connectivity index (χ3v) is 5.95. The number of benzene rings is 2. The molecule has 5 N–H and O–H groups in total. The van der Waals surface area contributed by atoms with Crippen molar-refractivity contribution in [2.75, 3.05) is 17.7 Å². The maximum absolute atomic E-state index is 12.3. The van der Waals surface area contributed by atoms with Gasteiger partial charge in [-0.05, 0) is 30.3 Å². The third-order valence-electron chi connectivity index (χ3n) is 4.19. The number of nitrogens with one attached hydrogen (secondary N) is 2. The van der Waals surface area contributed by atoms with Gasteiger partial charge in [0, 0.05) is 5.69 Å². The molecule has 4 rings (SSSR count). The average molecular weight is 414 g/mol. The average Bonchev–Trinajstić information content (AvgIpc) is 3.04. The molecular formula is C18H18N6O4S. The van der Waals surface area contributed by atoms with Crippen LogP contribution >= 0.6 is 10.6 Å². The Morgan fingerprint density at radius 3 is 2.76 bits per heavy atom. The summed E-state index contributed by atoms with van der Waals surface area (Å²) < 4.78 is 21.6. The molecule has 0 fully saturated rings. The van der Waals surface area contributed by atoms with E-state index in [1.54, 1.807) is 36.4 Å². The number of aliphatic hydroxyl groups excluding tert-OH is 1. The lowest BCUT2D eigenvalue weighted by molar-refractivity contribution is 0.314. The molecule has 0 unspecified atom stereocenters. The number of imidazole rings is 1. The maximum atomic E-state index is 12.3. The van der Waals surface area contributed by atoms with Crippen LogP contribution < -0.4 is 11.0 Å². The maximum Gasteiger partial charge on any atom is 0.333 e. The van der Waals surface area contributed by atoms with Gasteiger partial charge in [-0.2, -0.15) is 15.6 Å². The zero-order valence-electron chi connectivity index (χ0n) is 15.1. The van der Waals surface area contributed by atoms with E-state index >= 15 is 0 Å². The molecule has 10 nitrogen and oxygen atoms in total. The largest absolute Gasteiger partial charge is 0.395 e. The van der Waals surface area contributed by atoms with Gasteiger partial charge in [0.1, 0.15) is 6.33 Å². The van der Waals surface area contributed by atoms with Crippen LogP contribution in [0.4, 0.5) is 11.6 Å². The van der Waals surface area contributed by atoms with Crippen molar-refractivity contribution < 1.29 is 14.2 Å². The van der Waals surface area contributed by atoms with Crippen LogP contribution in [0.5, 0.6) is 0 Å². The van der Waals surface area contributed by atoms with Crippen molar-refractivity contribution in [1.29, 1.82) is 0 Å². The van der Waals surface area contributed by atoms with E-state index in [2.05, 4.69) is 25.3 Å². The fraction of sp³-hybridized carbons (Fsp3) is 0.111. The van der Waals surface area contributed by atoms with Crippen LogP contribution in [0.15, 0.2) is 64.5 Å². The topological polar surface area (TPSA) is 149 Å². The van der Waals surface area contributed by atoms with Crippen molar-refractivity contribution in [2.45, 2.75) is 4.90 Å². The molecule has 150 valence electrons. The number of para-hydroxylation sites is 2. The summed E-state index contributed by atoms with van der Waals surface area (Å²) in [6, 6.07) is 13.7. The van der Waals surface area contributed by atoms with Gasteiger partial charge in [-0.1, -0.05) is 18.2 Å². The van der Waals surface area contributed by atoms with E-state index in [1.165, 1.54) is 10.9 Å². The molecule has 0 radical (unpaired) electrons. The van der Waals surface area contributed by atoms with E-state index in [-0.39, 0.29) is 29.9 Å². The standard InChI is InChI=1S/C18H18N6O4S/c25-8-9-29(27,28)13-5-3-4-12(10-13)21-16-19-11-20-17(23-16)24-15-7-2-1-6-14(15)22-18(24)26/h1-7,10-11,25,27-28H,8-9H2,(H,22,26)(H,19,20,21,23). The van der Waals surface area contributed by atoms with Gasteiger partial charge in [-0.15, -0.1) is 0 Å². The molecule has 4 aromatic rings. The van der Waals surface area contributed by atoms with E-state index in [4.69, 9.17) is 5.11 Å². The number of rotatable bonds is 6. The molecule has 0 amide bonds. The van der Waals surface area contributed by atoms with E-state index in [0.29, 0.717) is 21.6 Å². The summed E-state index contributed by atoms with van der Waals surface area (Å²) in [7, 11) is -3.09. The Morgan fingerprint density at radius 1 is 1.10 bits per heavy atom. The van der Waals surface area contributed by atoms with Crippen LogP contribution in [0.1, 0.15) is 0 Å². The predicted octanol–water partition coefficient (Wildman–Crippen LogP) is 2.35. The normalized spacial score (nSPS) is 12.2. The van der Waals surface area contributed by atoms with Crippen molar-refractivity contribution in [2.24, 2.45) is 0 Å². The van der Waals surface area contributed by atoms with Gasteiger partial charge in [0.25, 0.3) is 0 Å². The van der Waals surface area contributed by atoms with E-state index < -0.39 is 10.6 Å². The van der Waals surface area contributed by atoms with E-state index in [0.717, 1.165) is 0 Å². The molecule has 11 heteroatoms. The van der Waals surface area contributed by atoms with Crippen molar-refractivity contribution in [3.05, 3.63) is 65.3 Å². The summed E-state index contributed by atoms with van der Waals surface area (Å²) in [5.74, 6) is 0.184. The molecule has 0 bridgehead atoms. The monoisotopic (exact) mass is 414 g/mol. The minimum Gasteiger partial charge on any atom is -0.395 e. The number of aromatic nitrogens is 5. The predicted molar refractivity (Wildman–Crippen MR) is 110 cm³/mol. The van der Waals surface area contributed by atoms with Crippen LogP contribution in [-0.2, 0) is 0 Å². The molecular weight excluding hydrogens is 396 g/mol. The van der Waals surface area contributed by atoms with Gasteiger partial charge in [-0.25, -0.2) is 19.3 Å². The SMILES string of the molecule is O=c1[nH]c2ccccc2n1-c1ncnc(Nc2cccc(S(O)(O)CCO)c2)n1. The molecule has 0 spiro atoms. The first-order valence-corrected chi connectivity index (χ1v) is 10.3. The lowest BCUT2D eigenvalue weighted by Crippen LogP contribution is -2.18. The summed E-state index contributed by atoms with van der Waals surface area (Å²) >= 11 is 0. The van der Waals surface area contributed by atoms with Crippen LogP contribution in [0.2, 0.25) is 0 Å². The first-order chi connectivity index (χ1) is 14.0. The molecule has 29 heavy (non-hydrogen) atoms. The summed E-state index contributed by atoms with van der Waals surface area (Å²) in [6.45, 7) is -0.337. The van der Waals surface area contributed by atoms with Gasteiger partial charge in [-0.3, -0.25) is 9.11 Å². The summed E-state index contributed by atoms with van der Waals surface area (Å²) in [6.07, 6.45) is 1.28. The molecule has 0 saturated carbocycles. The molecule has 0 atom stereocenters. The second-order valence-electron chi connectivity index (χ2n) is 6.14. The second-order valence-corrected chi connectivity index (χ2v) is 8.35. The third kappa shape index (κ3) is 3.84. The van der Waals surface area contributed by atoms with Crippen LogP contribution in [0.3, 0.4) is 0 Å². The van der Waals surface area contributed by atoms with Crippen molar-refractivity contribution in [3.63, 3.8) is 0 Å². The van der Waals surface area contributed by atoms with E-state index in [9.17, 15) is 13.9 Å². The van der Waals surface area contributed by atoms with Crippen LogP contribution in [0.25, 0.3) is 17.0 Å². The Kier molecular flexibility index (Phi) is 5.03. The fourth-order valence-electron chi connectivity index (χ4n) is 2.86. The lowest BCUT2D eigenvalue weighted by atomic mass is 10.3. The summed E-state index contributed by atoms with van der Waals surface area (Å²) in [5.41, 5.74) is 1.44. The highest BCUT2D eigenvalue weighted by atomic mass is 32.3. The number of hydrogen-bond acceptors (Lipinski definition) is 8. The quantitative estimate of drug-likeness (QED) is 0.323. The van der Waals surface area contributed by atoms with Gasteiger partial charge >= 0.3 is 5.69 Å². The molecule has 0 aliphatic heterocycles. The second kappa shape index (κ2) is 7.64. The van der Waals surface area contributed by atoms with Crippen molar-refractivity contribution in [1.82, 2.24) is 24.5 Å². The van der Waals surface area contributed by atoms with Gasteiger partial charge in [0.05, 0.1) is 28.3 Å². The number of anilines is 2. The van der Waals surface area contributed by atoms with Gasteiger partial charge in [0.15, 0.2) is 0 Å². The highest BCUT2D eigenvalue weighted by Crippen LogP contribution is 2.48.